The van der Waals surface area contributed by atoms with E-state index in [-0.39, 0.29) is 12.3 Å². The second-order valence-electron chi connectivity index (χ2n) is 5.47. The van der Waals surface area contributed by atoms with Gasteiger partial charge in [-0.1, -0.05) is 39.8 Å². The molecule has 0 spiro atoms. The molecule has 0 unspecified atom stereocenters. The lowest BCUT2D eigenvalue weighted by molar-refractivity contribution is -0.115. The van der Waals surface area contributed by atoms with Gasteiger partial charge in [-0.05, 0) is 42.0 Å². The Kier molecular flexibility index (Phi) is 6.71. The number of ether oxygens (including phenoxy) is 1. The van der Waals surface area contributed by atoms with Gasteiger partial charge in [-0.3, -0.25) is 4.79 Å². The molecule has 4 nitrogen and oxygen atoms in total. The van der Waals surface area contributed by atoms with E-state index in [4.69, 9.17) is 4.74 Å². The highest BCUT2D eigenvalue weighted by molar-refractivity contribution is 9.10. The van der Waals surface area contributed by atoms with Gasteiger partial charge in [0.1, 0.15) is 10.1 Å². The molecule has 0 aliphatic carbocycles. The largest absolute Gasteiger partial charge is 0.497 e. The van der Waals surface area contributed by atoms with Gasteiger partial charge in [-0.15, -0.1) is 11.3 Å². The summed E-state index contributed by atoms with van der Waals surface area (Å²) >= 11 is 6.69. The number of aromatic nitrogens is 1. The Bertz CT molecular complexity index is 864. The van der Waals surface area contributed by atoms with Gasteiger partial charge in [0.2, 0.25) is 5.91 Å². The Hall–Kier alpha value is -1.83. The van der Waals surface area contributed by atoms with Crippen molar-refractivity contribution in [3.05, 3.63) is 69.6 Å². The first-order valence-electron chi connectivity index (χ1n) is 7.88. The smallest absolute Gasteiger partial charge is 0.230 e. The molecule has 0 radical (unpaired) electrons. The zero-order chi connectivity index (χ0) is 18.4. The van der Waals surface area contributed by atoms with Crippen LogP contribution in [0.5, 0.6) is 5.75 Å². The van der Waals surface area contributed by atoms with Crippen molar-refractivity contribution in [2.75, 3.05) is 12.4 Å². The fraction of sp³-hybridized carbons (Fsp3) is 0.158. The van der Waals surface area contributed by atoms with Crippen LogP contribution in [0.2, 0.25) is 0 Å². The highest BCUT2D eigenvalue weighted by Crippen LogP contribution is 2.27. The predicted octanol–water partition coefficient (Wildman–Crippen LogP) is 5.39. The van der Waals surface area contributed by atoms with Crippen LogP contribution in [0, 0.1) is 0 Å². The summed E-state index contributed by atoms with van der Waals surface area (Å²) in [6, 6.07) is 15.5. The van der Waals surface area contributed by atoms with Crippen molar-refractivity contribution in [1.82, 2.24) is 4.98 Å². The first-order valence-corrected chi connectivity index (χ1v) is 10.5. The van der Waals surface area contributed by atoms with Gasteiger partial charge in [-0.25, -0.2) is 4.98 Å². The Morgan fingerprint density at radius 3 is 2.62 bits per heavy atom. The van der Waals surface area contributed by atoms with Crippen LogP contribution in [0.15, 0.2) is 62.7 Å². The molecular formula is C19H17BrN2O2S2. The second-order valence-corrected chi connectivity index (χ2v) is 8.47. The Morgan fingerprint density at radius 1 is 1.19 bits per heavy atom. The van der Waals surface area contributed by atoms with Gasteiger partial charge in [0, 0.05) is 21.3 Å². The monoisotopic (exact) mass is 448 g/mol. The van der Waals surface area contributed by atoms with E-state index in [2.05, 4.69) is 38.4 Å². The van der Waals surface area contributed by atoms with Gasteiger partial charge < -0.3 is 10.1 Å². The molecular weight excluding hydrogens is 432 g/mol. The molecule has 0 bridgehead atoms. The van der Waals surface area contributed by atoms with Crippen molar-refractivity contribution < 1.29 is 9.53 Å². The van der Waals surface area contributed by atoms with Crippen LogP contribution in [0.25, 0.3) is 0 Å². The number of amides is 1. The first-order chi connectivity index (χ1) is 12.6. The van der Waals surface area contributed by atoms with E-state index in [0.717, 1.165) is 31.7 Å². The Balaban J connectivity index is 1.50. The molecule has 3 rings (SSSR count). The highest BCUT2D eigenvalue weighted by atomic mass is 79.9. The molecule has 1 N–H and O–H groups in total. The number of nitrogens with one attached hydrogen (secondary N) is 1. The average molecular weight is 449 g/mol. The molecule has 0 aliphatic heterocycles. The molecule has 0 aliphatic rings. The number of benzene rings is 2. The average Bonchev–Trinajstić information content (AvgIpc) is 3.09. The molecule has 2 aromatic carbocycles. The lowest BCUT2D eigenvalue weighted by atomic mass is 10.2. The minimum atomic E-state index is -0.0788. The minimum absolute atomic E-state index is 0.0788. The van der Waals surface area contributed by atoms with Gasteiger partial charge in [0.15, 0.2) is 0 Å². The van der Waals surface area contributed by atoms with E-state index in [1.54, 1.807) is 30.2 Å². The van der Waals surface area contributed by atoms with Gasteiger partial charge in [-0.2, -0.15) is 0 Å². The standard InChI is InChI=1S/C19H17BrN2O2S2/c1-24-17-8-6-15(7-9-17)21-18(23)10-16-12-26-19(22-16)25-11-13-2-4-14(20)5-3-13/h2-9,12H,10-11H2,1H3,(H,21,23). The van der Waals surface area contributed by atoms with Crippen molar-refractivity contribution in [2.45, 2.75) is 16.5 Å². The van der Waals surface area contributed by atoms with Crippen molar-refractivity contribution in [3.63, 3.8) is 0 Å². The fourth-order valence-corrected chi connectivity index (χ4v) is 4.27. The summed E-state index contributed by atoms with van der Waals surface area (Å²) in [5.74, 6) is 1.54. The number of hydrogen-bond acceptors (Lipinski definition) is 5. The zero-order valence-corrected chi connectivity index (χ0v) is 17.3. The van der Waals surface area contributed by atoms with E-state index in [0.29, 0.717) is 0 Å². The maximum Gasteiger partial charge on any atom is 0.230 e. The quantitative estimate of drug-likeness (QED) is 0.492. The molecule has 0 fully saturated rings. The number of nitrogens with zero attached hydrogens (tertiary/aromatic N) is 1. The summed E-state index contributed by atoms with van der Waals surface area (Å²) in [5, 5.41) is 4.81. The number of rotatable bonds is 7. The summed E-state index contributed by atoms with van der Waals surface area (Å²) in [6.07, 6.45) is 0.265. The maximum atomic E-state index is 12.2. The van der Waals surface area contributed by atoms with Crippen LogP contribution in [-0.2, 0) is 17.0 Å². The summed E-state index contributed by atoms with van der Waals surface area (Å²) in [7, 11) is 1.61. The molecule has 1 amide bonds. The lowest BCUT2D eigenvalue weighted by Gasteiger charge is -2.05. The zero-order valence-electron chi connectivity index (χ0n) is 14.1. The van der Waals surface area contributed by atoms with E-state index in [1.165, 1.54) is 5.56 Å². The third-order valence-corrected chi connectivity index (χ3v) is 6.19. The Morgan fingerprint density at radius 2 is 1.92 bits per heavy atom. The van der Waals surface area contributed by atoms with E-state index in [1.807, 2.05) is 41.8 Å². The van der Waals surface area contributed by atoms with Crippen molar-refractivity contribution in [3.8, 4) is 5.75 Å². The summed E-state index contributed by atoms with van der Waals surface area (Å²) < 4.78 is 7.15. The van der Waals surface area contributed by atoms with Gasteiger partial charge >= 0.3 is 0 Å². The molecule has 0 atom stereocenters. The number of carbonyl (C=O) groups excluding carboxylic acids is 1. The molecule has 26 heavy (non-hydrogen) atoms. The summed E-state index contributed by atoms with van der Waals surface area (Å²) in [5.41, 5.74) is 2.78. The van der Waals surface area contributed by atoms with E-state index >= 15 is 0 Å². The molecule has 0 saturated carbocycles. The Labute approximate surface area is 169 Å². The number of halogens is 1. The molecule has 1 heterocycles. The number of methoxy groups -OCH3 is 1. The van der Waals surface area contributed by atoms with Gasteiger partial charge in [0.25, 0.3) is 0 Å². The van der Waals surface area contributed by atoms with Crippen LogP contribution < -0.4 is 10.1 Å². The van der Waals surface area contributed by atoms with Crippen LogP contribution in [0.4, 0.5) is 5.69 Å². The second kappa shape index (κ2) is 9.21. The lowest BCUT2D eigenvalue weighted by Crippen LogP contribution is -2.14. The molecule has 0 saturated heterocycles. The normalized spacial score (nSPS) is 10.5. The number of carbonyl (C=O) groups is 1. The molecule has 134 valence electrons. The third kappa shape index (κ3) is 5.59. The van der Waals surface area contributed by atoms with Crippen LogP contribution >= 0.6 is 39.0 Å². The first kappa shape index (κ1) is 18.9. The highest BCUT2D eigenvalue weighted by Gasteiger charge is 2.09. The summed E-state index contributed by atoms with van der Waals surface area (Å²) in [6.45, 7) is 0. The SMILES string of the molecule is COc1ccc(NC(=O)Cc2csc(SCc3ccc(Br)cc3)n2)cc1. The molecule has 7 heteroatoms. The van der Waals surface area contributed by atoms with Crippen molar-refractivity contribution >= 4 is 50.6 Å². The predicted molar refractivity (Wildman–Crippen MR) is 111 cm³/mol. The van der Waals surface area contributed by atoms with Crippen LogP contribution in [0.1, 0.15) is 11.3 Å². The number of thiazole rings is 1. The molecule has 3 aromatic rings. The van der Waals surface area contributed by atoms with E-state index < -0.39 is 0 Å². The number of anilines is 1. The summed E-state index contributed by atoms with van der Waals surface area (Å²) in [4.78, 5) is 16.7. The fourth-order valence-electron chi connectivity index (χ4n) is 2.21. The van der Waals surface area contributed by atoms with Gasteiger partial charge in [0.05, 0.1) is 19.2 Å². The van der Waals surface area contributed by atoms with Crippen LogP contribution in [0.3, 0.4) is 0 Å². The maximum absolute atomic E-state index is 12.2. The third-order valence-electron chi connectivity index (χ3n) is 3.52. The van der Waals surface area contributed by atoms with E-state index in [9.17, 15) is 4.79 Å². The topological polar surface area (TPSA) is 51.2 Å². The molecule has 1 aromatic heterocycles. The van der Waals surface area contributed by atoms with Crippen molar-refractivity contribution in [2.24, 2.45) is 0 Å². The van der Waals surface area contributed by atoms with Crippen LogP contribution in [-0.4, -0.2) is 18.0 Å². The minimum Gasteiger partial charge on any atom is -0.497 e. The number of hydrogen-bond donors (Lipinski definition) is 1. The van der Waals surface area contributed by atoms with Crippen molar-refractivity contribution in [1.29, 1.82) is 0 Å². The number of thioether (sulfide) groups is 1.